The summed E-state index contributed by atoms with van der Waals surface area (Å²) in [7, 11) is 0. The van der Waals surface area contributed by atoms with Gasteiger partial charge in [-0.3, -0.25) is 0 Å². The Hall–Kier alpha value is -0.0400. The molecule has 1 nitrogen and oxygen atoms in total. The zero-order valence-electron chi connectivity index (χ0n) is 4.65. The summed E-state index contributed by atoms with van der Waals surface area (Å²) < 4.78 is 0. The fourth-order valence-corrected chi connectivity index (χ4v) is 1.73. The van der Waals surface area contributed by atoms with Crippen LogP contribution >= 0.6 is 0 Å². The van der Waals surface area contributed by atoms with Crippen LogP contribution < -0.4 is 5.32 Å². The van der Waals surface area contributed by atoms with Gasteiger partial charge in [-0.05, 0) is 24.8 Å². The number of hydrogen-bond donors (Lipinski definition) is 1. The molecule has 3 fully saturated rings. The van der Waals surface area contributed by atoms with Gasteiger partial charge in [-0.25, -0.2) is 0 Å². The van der Waals surface area contributed by atoms with Crippen molar-refractivity contribution in [2.75, 3.05) is 6.54 Å². The first-order valence-electron chi connectivity index (χ1n) is 3.11. The highest BCUT2D eigenvalue weighted by atomic mass is 15.0. The second-order valence-electron chi connectivity index (χ2n) is 2.87. The van der Waals surface area contributed by atoms with Crippen LogP contribution in [0.15, 0.2) is 0 Å². The van der Waals surface area contributed by atoms with E-state index >= 15 is 0 Å². The zero-order chi connectivity index (χ0) is 4.85. The van der Waals surface area contributed by atoms with Gasteiger partial charge < -0.3 is 5.32 Å². The van der Waals surface area contributed by atoms with E-state index in [4.69, 9.17) is 0 Å². The summed E-state index contributed by atoms with van der Waals surface area (Å²) in [6.45, 7) is 3.64. The second-order valence-corrected chi connectivity index (χ2v) is 2.87. The Balaban J connectivity index is 2.14. The lowest BCUT2D eigenvalue weighted by molar-refractivity contribution is 0.239. The average Bonchev–Trinajstić information content (AvgIpc) is 2.18. The molecule has 0 radical (unpaired) electrons. The van der Waals surface area contributed by atoms with E-state index in [-0.39, 0.29) is 0 Å². The Labute approximate surface area is 44.1 Å². The standard InChI is InChI=1S/C6H11N/c1-4-5-2-6(4)7-3-5/h4-7H,2-3H2,1H3/t4?,5-,6-/m1/s1. The van der Waals surface area contributed by atoms with Crippen LogP contribution in [-0.2, 0) is 0 Å². The molecule has 40 valence electrons. The summed E-state index contributed by atoms with van der Waals surface area (Å²) in [5, 5.41) is 3.44. The molecule has 0 spiro atoms. The van der Waals surface area contributed by atoms with E-state index in [0.29, 0.717) is 0 Å². The molecule has 2 bridgehead atoms. The average molecular weight is 97.2 g/mol. The largest absolute Gasteiger partial charge is 0.313 e. The first-order valence-corrected chi connectivity index (χ1v) is 3.11. The summed E-state index contributed by atoms with van der Waals surface area (Å²) in [6, 6.07) is 0.907. The Morgan fingerprint density at radius 3 is 2.57 bits per heavy atom. The van der Waals surface area contributed by atoms with E-state index in [1.165, 1.54) is 13.0 Å². The number of fused-ring (bicyclic) bond motifs is 1. The van der Waals surface area contributed by atoms with Crippen LogP contribution in [0, 0.1) is 11.8 Å². The molecule has 3 aliphatic rings. The summed E-state index contributed by atoms with van der Waals surface area (Å²) >= 11 is 0. The van der Waals surface area contributed by atoms with Crippen LogP contribution in [0.1, 0.15) is 13.3 Å². The van der Waals surface area contributed by atoms with Crippen LogP contribution in [0.25, 0.3) is 0 Å². The maximum Gasteiger partial charge on any atom is 0.00991 e. The Morgan fingerprint density at radius 1 is 1.57 bits per heavy atom. The van der Waals surface area contributed by atoms with Gasteiger partial charge in [0.2, 0.25) is 0 Å². The minimum atomic E-state index is 0.907. The van der Waals surface area contributed by atoms with Gasteiger partial charge in [0.05, 0.1) is 0 Å². The van der Waals surface area contributed by atoms with E-state index in [2.05, 4.69) is 12.2 Å². The van der Waals surface area contributed by atoms with Crippen LogP contribution in [0.2, 0.25) is 0 Å². The molecule has 0 aromatic rings. The van der Waals surface area contributed by atoms with Gasteiger partial charge >= 0.3 is 0 Å². The summed E-state index contributed by atoms with van der Waals surface area (Å²) in [6.07, 6.45) is 1.46. The first kappa shape index (κ1) is 3.90. The molecular formula is C6H11N. The summed E-state index contributed by atoms with van der Waals surface area (Å²) in [4.78, 5) is 0. The van der Waals surface area contributed by atoms with Crippen molar-refractivity contribution in [3.63, 3.8) is 0 Å². The smallest absolute Gasteiger partial charge is 0.00991 e. The van der Waals surface area contributed by atoms with E-state index in [1.54, 1.807) is 0 Å². The van der Waals surface area contributed by atoms with Gasteiger partial charge in [-0.1, -0.05) is 6.92 Å². The quantitative estimate of drug-likeness (QED) is 0.467. The van der Waals surface area contributed by atoms with Gasteiger partial charge in [-0.15, -0.1) is 0 Å². The van der Waals surface area contributed by atoms with Crippen molar-refractivity contribution in [2.45, 2.75) is 19.4 Å². The molecule has 2 heterocycles. The van der Waals surface area contributed by atoms with Crippen molar-refractivity contribution in [3.05, 3.63) is 0 Å². The third-order valence-electron chi connectivity index (χ3n) is 2.58. The van der Waals surface area contributed by atoms with E-state index in [0.717, 1.165) is 17.9 Å². The van der Waals surface area contributed by atoms with E-state index in [1.807, 2.05) is 0 Å². The SMILES string of the molecule is CC1[C@H]2CN[C@@H]1C2. The van der Waals surface area contributed by atoms with E-state index in [9.17, 15) is 0 Å². The molecule has 2 saturated heterocycles. The lowest BCUT2D eigenvalue weighted by atomic mass is 9.75. The van der Waals surface area contributed by atoms with Crippen LogP contribution in [-0.4, -0.2) is 12.6 Å². The summed E-state index contributed by atoms with van der Waals surface area (Å²) in [5.74, 6) is 2.05. The maximum absolute atomic E-state index is 3.44. The van der Waals surface area contributed by atoms with Crippen molar-refractivity contribution >= 4 is 0 Å². The molecular weight excluding hydrogens is 86.1 g/mol. The third kappa shape index (κ3) is 0.325. The predicted molar refractivity (Wildman–Crippen MR) is 29.1 cm³/mol. The molecule has 1 heteroatoms. The fraction of sp³-hybridized carbons (Fsp3) is 1.00. The second kappa shape index (κ2) is 1.03. The van der Waals surface area contributed by atoms with Crippen molar-refractivity contribution in [1.29, 1.82) is 0 Å². The molecule has 0 aromatic heterocycles. The molecule has 1 unspecified atom stereocenters. The highest BCUT2D eigenvalue weighted by Crippen LogP contribution is 2.39. The number of nitrogens with one attached hydrogen (secondary N) is 1. The fourth-order valence-electron chi connectivity index (χ4n) is 1.73. The third-order valence-corrected chi connectivity index (χ3v) is 2.58. The minimum absolute atomic E-state index is 0.907. The number of hydrogen-bond acceptors (Lipinski definition) is 1. The van der Waals surface area contributed by atoms with Gasteiger partial charge in [0, 0.05) is 6.04 Å². The van der Waals surface area contributed by atoms with Crippen molar-refractivity contribution < 1.29 is 0 Å². The van der Waals surface area contributed by atoms with Gasteiger partial charge in [-0.2, -0.15) is 0 Å². The molecule has 0 aromatic carbocycles. The molecule has 1 saturated carbocycles. The monoisotopic (exact) mass is 97.1 g/mol. The van der Waals surface area contributed by atoms with Gasteiger partial charge in [0.25, 0.3) is 0 Å². The van der Waals surface area contributed by atoms with Gasteiger partial charge in [0.1, 0.15) is 0 Å². The number of rotatable bonds is 0. The van der Waals surface area contributed by atoms with Crippen LogP contribution in [0.5, 0.6) is 0 Å². The van der Waals surface area contributed by atoms with Crippen LogP contribution in [0.3, 0.4) is 0 Å². The van der Waals surface area contributed by atoms with Crippen LogP contribution in [0.4, 0.5) is 0 Å². The molecule has 7 heavy (non-hydrogen) atoms. The highest BCUT2D eigenvalue weighted by Gasteiger charge is 2.43. The lowest BCUT2D eigenvalue weighted by Gasteiger charge is -2.30. The minimum Gasteiger partial charge on any atom is -0.313 e. The van der Waals surface area contributed by atoms with Gasteiger partial charge in [0.15, 0.2) is 0 Å². The topological polar surface area (TPSA) is 12.0 Å². The Bertz CT molecular complexity index is 76.2. The predicted octanol–water partition coefficient (Wildman–Crippen LogP) is 0.614. The van der Waals surface area contributed by atoms with Crippen molar-refractivity contribution in [1.82, 2.24) is 5.32 Å². The molecule has 1 aliphatic carbocycles. The zero-order valence-corrected chi connectivity index (χ0v) is 4.65. The normalized spacial score (nSPS) is 57.0. The lowest BCUT2D eigenvalue weighted by Crippen LogP contribution is -2.34. The maximum atomic E-state index is 3.44. The molecule has 3 rings (SSSR count). The molecule has 0 amide bonds. The molecule has 2 aliphatic heterocycles. The summed E-state index contributed by atoms with van der Waals surface area (Å²) in [5.41, 5.74) is 0. The van der Waals surface area contributed by atoms with Crippen molar-refractivity contribution in [3.8, 4) is 0 Å². The van der Waals surface area contributed by atoms with Crippen molar-refractivity contribution in [2.24, 2.45) is 11.8 Å². The molecule has 3 atom stereocenters. The molecule has 1 N–H and O–H groups in total. The van der Waals surface area contributed by atoms with E-state index < -0.39 is 0 Å². The first-order chi connectivity index (χ1) is 3.38. The highest BCUT2D eigenvalue weighted by molar-refractivity contribution is 4.99. The Morgan fingerprint density at radius 2 is 2.43 bits per heavy atom. The Kier molecular flexibility index (Phi) is 0.571.